The van der Waals surface area contributed by atoms with Crippen molar-refractivity contribution in [2.75, 3.05) is 33.0 Å². The summed E-state index contributed by atoms with van der Waals surface area (Å²) in [6, 6.07) is 0. The summed E-state index contributed by atoms with van der Waals surface area (Å²) in [5, 5.41) is 0. The predicted octanol–water partition coefficient (Wildman–Crippen LogP) is 22.7. The number of ketones is 1. The standard InChI is InChI=1S/C81H148O14P/c1-5-9-13-17-21-25-29-33-37-41-45-49-53-57-61-65-77(83)91-70-74(94-79(85)67-63-59-55-51-47-43-39-35-31-27-23-19-15-11-7-3)69-90-73-76(82)81(96(87,88)89)93-72-75(95-80(86)68-64-60-56-52-48-44-40-36-32-28-24-20-16-12-8-4)71-92-78(84)66-62-58-54-50-46-42-38-34-30-26-22-18-14-10-6-2/h33-40,74-75,81,87-89H,5-32,41-73H2,1-4H3/q+1/t74-,75+,81?/m0/s1. The van der Waals surface area contributed by atoms with Gasteiger partial charge in [0.1, 0.15) is 19.8 Å². The van der Waals surface area contributed by atoms with Gasteiger partial charge in [-0.15, -0.1) is 0 Å². The fraction of sp³-hybridized carbons (Fsp3) is 0.840. The van der Waals surface area contributed by atoms with Gasteiger partial charge in [0, 0.05) is 25.7 Å². The van der Waals surface area contributed by atoms with E-state index in [9.17, 15) is 38.7 Å². The van der Waals surface area contributed by atoms with E-state index in [-0.39, 0.29) is 38.9 Å². The number of rotatable bonds is 75. The maximum atomic E-state index is 13.6. The lowest BCUT2D eigenvalue weighted by Crippen LogP contribution is -2.37. The van der Waals surface area contributed by atoms with E-state index in [1.165, 1.54) is 154 Å². The Morgan fingerprint density at radius 2 is 0.521 bits per heavy atom. The summed E-state index contributed by atoms with van der Waals surface area (Å²) >= 11 is 0. The summed E-state index contributed by atoms with van der Waals surface area (Å²) in [5.74, 6) is -5.24. The molecule has 15 heteroatoms. The molecule has 0 radical (unpaired) electrons. The van der Waals surface area contributed by atoms with Gasteiger partial charge in [0.25, 0.3) is 0 Å². The molecule has 0 heterocycles. The number of carbonyl (C=O) groups is 5. The Labute approximate surface area is 588 Å². The molecule has 0 spiro atoms. The topological polar surface area (TPSA) is 201 Å². The van der Waals surface area contributed by atoms with Crippen LogP contribution >= 0.6 is 7.94 Å². The van der Waals surface area contributed by atoms with Crippen molar-refractivity contribution in [1.29, 1.82) is 0 Å². The smallest absolute Gasteiger partial charge is 0.443 e. The Kier molecular flexibility index (Phi) is 70.5. The molecule has 0 fully saturated rings. The SMILES string of the molecule is CCCCCCCCC=CCCCCCCCC(=O)OC[C@H](COC(C(=O)COC[C@@H](COC(=O)CCCCCCCC=CCCCCCCCC)OC(=O)CCCCCCCC=CCCCCCCCC)[P+](O)(O)O)OC(=O)CCCCCCCC=CCCCCCCCC. The second-order valence-corrected chi connectivity index (χ2v) is 28.9. The Morgan fingerprint density at radius 3 is 0.781 bits per heavy atom. The molecule has 560 valence electrons. The average molecular weight is 1380 g/mol. The zero-order valence-electron chi connectivity index (χ0n) is 62.3. The van der Waals surface area contributed by atoms with Crippen LogP contribution in [0.25, 0.3) is 0 Å². The quantitative estimate of drug-likeness (QED) is 0.0171. The number of ether oxygens (including phenoxy) is 6. The third kappa shape index (κ3) is 67.9. The molecule has 14 nitrogen and oxygen atoms in total. The minimum absolute atomic E-state index is 0.0981. The Bertz CT molecular complexity index is 1880. The number of esters is 4. The minimum atomic E-state index is -5.05. The molecule has 0 bridgehead atoms. The first-order valence-corrected chi connectivity index (χ1v) is 41.7. The van der Waals surface area contributed by atoms with Crippen molar-refractivity contribution in [2.24, 2.45) is 0 Å². The van der Waals surface area contributed by atoms with Crippen molar-refractivity contribution >= 4 is 37.6 Å². The Balaban J connectivity index is 5.56. The van der Waals surface area contributed by atoms with Gasteiger partial charge in [-0.3, -0.25) is 24.0 Å². The van der Waals surface area contributed by atoms with Crippen LogP contribution in [0.15, 0.2) is 48.6 Å². The third-order valence-corrected chi connectivity index (χ3v) is 18.7. The maximum Gasteiger partial charge on any atom is 0.443 e. The molecule has 0 aromatic heterocycles. The fourth-order valence-corrected chi connectivity index (χ4v) is 12.3. The van der Waals surface area contributed by atoms with E-state index in [1.54, 1.807) is 0 Å². The lowest BCUT2D eigenvalue weighted by Gasteiger charge is -2.22. The molecule has 0 aliphatic carbocycles. The molecule has 3 atom stereocenters. The van der Waals surface area contributed by atoms with Gasteiger partial charge in [-0.05, 0) is 128 Å². The second kappa shape index (κ2) is 73.0. The second-order valence-electron chi connectivity index (χ2n) is 27.2. The molecule has 3 N–H and O–H groups in total. The first-order valence-electron chi connectivity index (χ1n) is 40.0. The molecule has 96 heavy (non-hydrogen) atoms. The highest BCUT2D eigenvalue weighted by atomic mass is 31.2. The third-order valence-electron chi connectivity index (χ3n) is 17.6. The van der Waals surface area contributed by atoms with Crippen LogP contribution < -0.4 is 0 Å². The van der Waals surface area contributed by atoms with E-state index in [4.69, 9.17) is 28.4 Å². The van der Waals surface area contributed by atoms with Crippen LogP contribution in [0.3, 0.4) is 0 Å². The summed E-state index contributed by atoms with van der Waals surface area (Å²) in [5.41, 5.74) is 0. The Morgan fingerprint density at radius 1 is 0.292 bits per heavy atom. The van der Waals surface area contributed by atoms with Crippen LogP contribution in [-0.4, -0.2) is 95.4 Å². The van der Waals surface area contributed by atoms with Gasteiger partial charge in [0.2, 0.25) is 5.78 Å². The monoisotopic (exact) mass is 1380 g/mol. The van der Waals surface area contributed by atoms with Gasteiger partial charge in [0.15, 0.2) is 12.2 Å². The number of allylic oxidation sites excluding steroid dienone is 8. The highest BCUT2D eigenvalue weighted by molar-refractivity contribution is 7.60. The largest absolute Gasteiger partial charge is 0.462 e. The lowest BCUT2D eigenvalue weighted by molar-refractivity contribution is -0.165. The van der Waals surface area contributed by atoms with Gasteiger partial charge in [-0.25, -0.2) is 0 Å². The van der Waals surface area contributed by atoms with E-state index in [0.717, 1.165) is 154 Å². The van der Waals surface area contributed by atoms with E-state index < -0.39 is 75.5 Å². The van der Waals surface area contributed by atoms with Crippen molar-refractivity contribution < 1.29 is 67.1 Å². The number of Topliss-reactive ketones (excluding diaryl/α,β-unsaturated/α-hetero) is 1. The highest BCUT2D eigenvalue weighted by Gasteiger charge is 2.50. The Hall–Kier alpha value is -3.26. The van der Waals surface area contributed by atoms with E-state index in [0.29, 0.717) is 25.7 Å². The predicted molar refractivity (Wildman–Crippen MR) is 399 cm³/mol. The molecule has 1 unspecified atom stereocenters. The zero-order chi connectivity index (χ0) is 70.2. The van der Waals surface area contributed by atoms with Gasteiger partial charge >= 0.3 is 37.7 Å². The van der Waals surface area contributed by atoms with Crippen molar-refractivity contribution in [1.82, 2.24) is 0 Å². The average Bonchev–Trinajstić information content (AvgIpc) is 1.10. The summed E-state index contributed by atoms with van der Waals surface area (Å²) in [4.78, 5) is 97.5. The molecule has 0 aromatic carbocycles. The number of hydrogen-bond acceptors (Lipinski definition) is 14. The maximum absolute atomic E-state index is 13.6. The molecule has 0 saturated heterocycles. The molecular formula is C81H148O14P+. The molecule has 0 aliphatic rings. The van der Waals surface area contributed by atoms with Gasteiger partial charge in [-0.1, -0.05) is 282 Å². The molecule has 0 aliphatic heterocycles. The molecule has 0 aromatic rings. The lowest BCUT2D eigenvalue weighted by atomic mass is 10.1. The van der Waals surface area contributed by atoms with Crippen LogP contribution in [0.1, 0.15) is 387 Å². The molecule has 0 amide bonds. The molecule has 0 saturated carbocycles. The van der Waals surface area contributed by atoms with Crippen molar-refractivity contribution in [2.45, 2.75) is 405 Å². The van der Waals surface area contributed by atoms with Crippen molar-refractivity contribution in [3.8, 4) is 0 Å². The zero-order valence-corrected chi connectivity index (χ0v) is 63.2. The van der Waals surface area contributed by atoms with E-state index >= 15 is 0 Å². The van der Waals surface area contributed by atoms with Crippen molar-refractivity contribution in [3.05, 3.63) is 48.6 Å². The van der Waals surface area contributed by atoms with E-state index in [1.807, 2.05) is 0 Å². The van der Waals surface area contributed by atoms with Gasteiger partial charge < -0.3 is 28.4 Å². The summed E-state index contributed by atoms with van der Waals surface area (Å²) in [6.45, 7) is 6.44. The first kappa shape index (κ1) is 92.7. The minimum Gasteiger partial charge on any atom is -0.462 e. The number of hydrogen-bond donors (Lipinski definition) is 3. The van der Waals surface area contributed by atoms with Gasteiger partial charge in [-0.2, -0.15) is 14.7 Å². The highest BCUT2D eigenvalue weighted by Crippen LogP contribution is 2.51. The summed E-state index contributed by atoms with van der Waals surface area (Å²) < 4.78 is 33.9. The van der Waals surface area contributed by atoms with E-state index in [2.05, 4.69) is 76.3 Å². The van der Waals surface area contributed by atoms with Gasteiger partial charge in [0.05, 0.1) is 13.2 Å². The molecule has 0 rings (SSSR count). The summed E-state index contributed by atoms with van der Waals surface area (Å²) in [6.07, 6.45) is 75.0. The van der Waals surface area contributed by atoms with Crippen LogP contribution in [0.4, 0.5) is 0 Å². The fourth-order valence-electron chi connectivity index (χ4n) is 11.5. The van der Waals surface area contributed by atoms with Crippen molar-refractivity contribution in [3.63, 3.8) is 0 Å². The number of unbranched alkanes of at least 4 members (excludes halogenated alkanes) is 44. The first-order chi connectivity index (χ1) is 46.9. The van der Waals surface area contributed by atoms with Crippen LogP contribution in [-0.2, 0) is 52.4 Å². The normalized spacial score (nSPS) is 13.0. The number of carbonyl (C=O) groups excluding carboxylic acids is 5. The van der Waals surface area contributed by atoms with Crippen LogP contribution in [0.2, 0.25) is 0 Å². The summed E-state index contributed by atoms with van der Waals surface area (Å²) in [7, 11) is -5.05. The molecular weight excluding hydrogens is 1230 g/mol. The van der Waals surface area contributed by atoms with Crippen LogP contribution in [0.5, 0.6) is 0 Å². The van der Waals surface area contributed by atoms with Crippen LogP contribution in [0, 0.1) is 0 Å².